The summed E-state index contributed by atoms with van der Waals surface area (Å²) in [4.78, 5) is 20.8. The molecule has 3 aromatic rings. The molecule has 0 aromatic carbocycles. The third kappa shape index (κ3) is 3.07. The number of carbonyl (C=O) groups is 1. The van der Waals surface area contributed by atoms with E-state index in [0.717, 1.165) is 21.1 Å². The van der Waals surface area contributed by atoms with Crippen LogP contribution in [-0.4, -0.2) is 22.8 Å². The maximum Gasteiger partial charge on any atom is 0.265 e. The first kappa shape index (κ1) is 14.4. The Kier molecular flexibility index (Phi) is 4.19. The predicted octanol–water partition coefficient (Wildman–Crippen LogP) is 4.51. The molecular weight excluding hydrogens is 320 g/mol. The fourth-order valence-corrected chi connectivity index (χ4v) is 4.52. The van der Waals surface area contributed by atoms with Crippen molar-refractivity contribution in [2.45, 2.75) is 13.5 Å². The lowest BCUT2D eigenvalue weighted by molar-refractivity contribution is 0.0790. The molecule has 6 heteroatoms. The van der Waals surface area contributed by atoms with Gasteiger partial charge in [-0.15, -0.1) is 22.7 Å². The number of amides is 1. The normalized spacial score (nSPS) is 10.8. The van der Waals surface area contributed by atoms with Gasteiger partial charge in [0.15, 0.2) is 0 Å². The van der Waals surface area contributed by atoms with Crippen molar-refractivity contribution in [2.75, 3.05) is 7.05 Å². The molecule has 3 heterocycles. The molecule has 21 heavy (non-hydrogen) atoms. The summed E-state index contributed by atoms with van der Waals surface area (Å²) in [6.07, 6.45) is 0. The number of aromatic nitrogens is 1. The first-order valence-electron chi connectivity index (χ1n) is 6.43. The minimum absolute atomic E-state index is 0.0416. The Balaban J connectivity index is 1.81. The van der Waals surface area contributed by atoms with Gasteiger partial charge in [0.1, 0.15) is 9.88 Å². The Labute approximate surface area is 135 Å². The quantitative estimate of drug-likeness (QED) is 0.703. The Morgan fingerprint density at radius 2 is 2.19 bits per heavy atom. The zero-order valence-corrected chi connectivity index (χ0v) is 14.1. The van der Waals surface area contributed by atoms with Crippen LogP contribution in [0.3, 0.4) is 0 Å². The monoisotopic (exact) mass is 334 g/mol. The minimum Gasteiger partial charge on any atom is -0.336 e. The Bertz CT molecular complexity index is 729. The smallest absolute Gasteiger partial charge is 0.265 e. The lowest BCUT2D eigenvalue weighted by Crippen LogP contribution is -2.25. The molecule has 0 fully saturated rings. The number of thiazole rings is 1. The number of hydrogen-bond acceptors (Lipinski definition) is 5. The van der Waals surface area contributed by atoms with Gasteiger partial charge in [0.2, 0.25) is 0 Å². The standard InChI is InChI=1S/C15H14N2OS3/c1-10-13(21-14(16-10)11-5-7-19-9-11)15(18)17(2)8-12-4-3-6-20-12/h3-7,9H,8H2,1-2H3. The molecule has 3 rings (SSSR count). The van der Waals surface area contributed by atoms with Crippen molar-refractivity contribution in [1.82, 2.24) is 9.88 Å². The van der Waals surface area contributed by atoms with Crippen LogP contribution in [0.5, 0.6) is 0 Å². The van der Waals surface area contributed by atoms with Gasteiger partial charge in [0.25, 0.3) is 5.91 Å². The van der Waals surface area contributed by atoms with Crippen molar-refractivity contribution >= 4 is 39.9 Å². The fraction of sp³-hybridized carbons (Fsp3) is 0.200. The molecule has 3 aromatic heterocycles. The first-order valence-corrected chi connectivity index (χ1v) is 9.07. The van der Waals surface area contributed by atoms with Crippen LogP contribution in [0.1, 0.15) is 20.2 Å². The zero-order chi connectivity index (χ0) is 14.8. The number of rotatable bonds is 4. The second kappa shape index (κ2) is 6.09. The van der Waals surface area contributed by atoms with Crippen LogP contribution in [-0.2, 0) is 6.54 Å². The molecular formula is C15H14N2OS3. The SMILES string of the molecule is Cc1nc(-c2ccsc2)sc1C(=O)N(C)Cc1cccs1. The van der Waals surface area contributed by atoms with Crippen molar-refractivity contribution < 1.29 is 4.79 Å². The van der Waals surface area contributed by atoms with E-state index in [-0.39, 0.29) is 5.91 Å². The zero-order valence-electron chi connectivity index (χ0n) is 11.7. The average molecular weight is 334 g/mol. The van der Waals surface area contributed by atoms with Crippen LogP contribution < -0.4 is 0 Å². The number of thiophene rings is 2. The van der Waals surface area contributed by atoms with E-state index in [1.54, 1.807) is 27.6 Å². The molecule has 3 nitrogen and oxygen atoms in total. The molecule has 0 bridgehead atoms. The van der Waals surface area contributed by atoms with E-state index < -0.39 is 0 Å². The van der Waals surface area contributed by atoms with E-state index in [1.807, 2.05) is 42.9 Å². The van der Waals surface area contributed by atoms with E-state index in [4.69, 9.17) is 0 Å². The molecule has 108 valence electrons. The molecule has 0 unspecified atom stereocenters. The molecule has 0 aliphatic rings. The van der Waals surface area contributed by atoms with Crippen LogP contribution in [0, 0.1) is 6.92 Å². The maximum atomic E-state index is 12.6. The molecule has 0 spiro atoms. The summed E-state index contributed by atoms with van der Waals surface area (Å²) in [7, 11) is 1.84. The number of nitrogens with zero attached hydrogens (tertiary/aromatic N) is 2. The topological polar surface area (TPSA) is 33.2 Å². The van der Waals surface area contributed by atoms with Gasteiger partial charge in [0, 0.05) is 22.9 Å². The highest BCUT2D eigenvalue weighted by molar-refractivity contribution is 7.17. The summed E-state index contributed by atoms with van der Waals surface area (Å²) >= 11 is 4.78. The van der Waals surface area contributed by atoms with Gasteiger partial charge in [0.05, 0.1) is 12.2 Å². The van der Waals surface area contributed by atoms with Crippen LogP contribution in [0.2, 0.25) is 0 Å². The van der Waals surface area contributed by atoms with E-state index in [2.05, 4.69) is 10.4 Å². The second-order valence-corrected chi connectivity index (χ2v) is 7.50. The van der Waals surface area contributed by atoms with E-state index >= 15 is 0 Å². The Morgan fingerprint density at radius 3 is 2.86 bits per heavy atom. The summed E-state index contributed by atoms with van der Waals surface area (Å²) in [5.74, 6) is 0.0416. The highest BCUT2D eigenvalue weighted by Gasteiger charge is 2.20. The summed E-state index contributed by atoms with van der Waals surface area (Å²) < 4.78 is 0. The highest BCUT2D eigenvalue weighted by atomic mass is 32.1. The van der Waals surface area contributed by atoms with Crippen LogP contribution in [0.4, 0.5) is 0 Å². The molecule has 0 N–H and O–H groups in total. The number of carbonyl (C=O) groups excluding carboxylic acids is 1. The lowest BCUT2D eigenvalue weighted by atomic mass is 10.3. The Hall–Kier alpha value is -1.50. The fourth-order valence-electron chi connectivity index (χ4n) is 1.99. The van der Waals surface area contributed by atoms with E-state index in [0.29, 0.717) is 6.54 Å². The molecule has 0 radical (unpaired) electrons. The van der Waals surface area contributed by atoms with Crippen molar-refractivity contribution in [3.8, 4) is 10.6 Å². The van der Waals surface area contributed by atoms with Crippen molar-refractivity contribution in [3.05, 3.63) is 49.8 Å². The number of hydrogen-bond donors (Lipinski definition) is 0. The largest absolute Gasteiger partial charge is 0.336 e. The molecule has 0 saturated carbocycles. The van der Waals surface area contributed by atoms with E-state index in [9.17, 15) is 4.79 Å². The second-order valence-electron chi connectivity index (χ2n) is 4.69. The molecule has 1 amide bonds. The Morgan fingerprint density at radius 1 is 1.33 bits per heavy atom. The van der Waals surface area contributed by atoms with Gasteiger partial charge in [-0.25, -0.2) is 4.98 Å². The minimum atomic E-state index is 0.0416. The molecule has 0 saturated heterocycles. The summed E-state index contributed by atoms with van der Waals surface area (Å²) in [5.41, 5.74) is 1.90. The van der Waals surface area contributed by atoms with Crippen LogP contribution in [0.25, 0.3) is 10.6 Å². The number of aryl methyl sites for hydroxylation is 1. The van der Waals surface area contributed by atoms with Gasteiger partial charge in [-0.3, -0.25) is 4.79 Å². The maximum absolute atomic E-state index is 12.6. The van der Waals surface area contributed by atoms with Gasteiger partial charge < -0.3 is 4.90 Å². The van der Waals surface area contributed by atoms with E-state index in [1.165, 1.54) is 16.2 Å². The molecule has 0 aliphatic carbocycles. The average Bonchev–Trinajstić information content (AvgIpc) is 3.18. The van der Waals surface area contributed by atoms with Gasteiger partial charge in [-0.2, -0.15) is 11.3 Å². The van der Waals surface area contributed by atoms with Crippen LogP contribution >= 0.6 is 34.0 Å². The van der Waals surface area contributed by atoms with Crippen molar-refractivity contribution in [2.24, 2.45) is 0 Å². The summed E-state index contributed by atoms with van der Waals surface area (Å²) in [6.45, 7) is 2.54. The van der Waals surface area contributed by atoms with Gasteiger partial charge in [-0.05, 0) is 29.8 Å². The van der Waals surface area contributed by atoms with Crippen molar-refractivity contribution in [1.29, 1.82) is 0 Å². The lowest BCUT2D eigenvalue weighted by Gasteiger charge is -2.15. The summed E-state index contributed by atoms with van der Waals surface area (Å²) in [5, 5.41) is 7.03. The predicted molar refractivity (Wildman–Crippen MR) is 90.3 cm³/mol. The van der Waals surface area contributed by atoms with Gasteiger partial charge >= 0.3 is 0 Å². The van der Waals surface area contributed by atoms with Gasteiger partial charge in [-0.1, -0.05) is 6.07 Å². The molecule has 0 aliphatic heterocycles. The molecule has 0 atom stereocenters. The highest BCUT2D eigenvalue weighted by Crippen LogP contribution is 2.30. The van der Waals surface area contributed by atoms with Crippen molar-refractivity contribution in [3.63, 3.8) is 0 Å². The summed E-state index contributed by atoms with van der Waals surface area (Å²) in [6, 6.07) is 6.09. The third-order valence-corrected chi connectivity index (χ3v) is 5.82. The third-order valence-electron chi connectivity index (χ3n) is 3.08. The first-order chi connectivity index (χ1) is 10.1. The van der Waals surface area contributed by atoms with Crippen LogP contribution in [0.15, 0.2) is 34.3 Å².